The molecule has 0 unspecified atom stereocenters. The Balaban J connectivity index is 1.64. The first kappa shape index (κ1) is 12.2. The van der Waals surface area contributed by atoms with Crippen LogP contribution < -0.4 is 0 Å². The van der Waals surface area contributed by atoms with E-state index in [1.54, 1.807) is 0 Å². The summed E-state index contributed by atoms with van der Waals surface area (Å²) in [6.07, 6.45) is 4.51. The summed E-state index contributed by atoms with van der Waals surface area (Å²) in [5.41, 5.74) is 2.79. The number of oxazole rings is 1. The molecule has 3 rings (SSSR count). The summed E-state index contributed by atoms with van der Waals surface area (Å²) in [5, 5.41) is 8.91. The Kier molecular flexibility index (Phi) is 3.21. The van der Waals surface area contributed by atoms with E-state index in [9.17, 15) is 4.79 Å². The molecular formula is C14H16N2O3. The smallest absolute Gasteiger partial charge is 0.317 e. The number of aliphatic carboxylic acids is 1. The molecule has 1 aliphatic rings. The van der Waals surface area contributed by atoms with E-state index >= 15 is 0 Å². The van der Waals surface area contributed by atoms with Crippen LogP contribution in [0.5, 0.6) is 0 Å². The molecule has 0 radical (unpaired) electrons. The zero-order valence-electron chi connectivity index (χ0n) is 10.6. The monoisotopic (exact) mass is 260 g/mol. The van der Waals surface area contributed by atoms with E-state index in [0.717, 1.165) is 42.5 Å². The largest absolute Gasteiger partial charge is 0.480 e. The van der Waals surface area contributed by atoms with Crippen molar-refractivity contribution in [2.75, 3.05) is 13.1 Å². The van der Waals surface area contributed by atoms with Crippen molar-refractivity contribution in [2.45, 2.75) is 25.3 Å². The van der Waals surface area contributed by atoms with Crippen LogP contribution in [0.4, 0.5) is 0 Å². The Morgan fingerprint density at radius 1 is 1.47 bits per heavy atom. The van der Waals surface area contributed by atoms with Crippen LogP contribution in [0.25, 0.3) is 11.1 Å². The number of rotatable bonds is 6. The van der Waals surface area contributed by atoms with Gasteiger partial charge in [-0.05, 0) is 37.0 Å². The van der Waals surface area contributed by atoms with E-state index < -0.39 is 5.97 Å². The Morgan fingerprint density at radius 2 is 2.32 bits per heavy atom. The van der Waals surface area contributed by atoms with Crippen molar-refractivity contribution in [1.82, 2.24) is 9.88 Å². The predicted octanol–water partition coefficient (Wildman–Crippen LogP) is 1.92. The number of nitrogens with zero attached hydrogens (tertiary/aromatic N) is 2. The first-order chi connectivity index (χ1) is 9.22. The molecule has 1 heterocycles. The topological polar surface area (TPSA) is 66.6 Å². The lowest BCUT2D eigenvalue weighted by Crippen LogP contribution is -2.33. The van der Waals surface area contributed by atoms with Crippen LogP contribution >= 0.6 is 0 Å². The SMILES string of the molecule is O=C(O)CN(CCc1ccc2ncoc2c1)C1CC1. The minimum atomic E-state index is -0.752. The van der Waals surface area contributed by atoms with Crippen molar-refractivity contribution in [3.05, 3.63) is 30.2 Å². The second-order valence-electron chi connectivity index (χ2n) is 5.00. The molecule has 1 N–H and O–H groups in total. The number of aromatic nitrogens is 1. The van der Waals surface area contributed by atoms with Gasteiger partial charge in [0.25, 0.3) is 0 Å². The molecule has 0 amide bonds. The maximum atomic E-state index is 10.8. The molecule has 19 heavy (non-hydrogen) atoms. The highest BCUT2D eigenvalue weighted by molar-refractivity contribution is 5.72. The number of carbonyl (C=O) groups is 1. The molecular weight excluding hydrogens is 244 g/mol. The number of carboxylic acids is 1. The predicted molar refractivity (Wildman–Crippen MR) is 69.9 cm³/mol. The van der Waals surface area contributed by atoms with Crippen LogP contribution in [0.1, 0.15) is 18.4 Å². The number of carboxylic acid groups (broad SMARTS) is 1. The average Bonchev–Trinajstić information content (AvgIpc) is 3.12. The highest BCUT2D eigenvalue weighted by atomic mass is 16.4. The van der Waals surface area contributed by atoms with E-state index in [2.05, 4.69) is 4.98 Å². The van der Waals surface area contributed by atoms with Gasteiger partial charge in [0.15, 0.2) is 12.0 Å². The summed E-state index contributed by atoms with van der Waals surface area (Å²) in [5.74, 6) is -0.752. The first-order valence-electron chi connectivity index (χ1n) is 6.50. The van der Waals surface area contributed by atoms with Gasteiger partial charge < -0.3 is 9.52 Å². The lowest BCUT2D eigenvalue weighted by molar-refractivity contribution is -0.138. The Labute approximate surface area is 110 Å². The zero-order valence-corrected chi connectivity index (χ0v) is 10.6. The van der Waals surface area contributed by atoms with Gasteiger partial charge >= 0.3 is 5.97 Å². The van der Waals surface area contributed by atoms with E-state index in [-0.39, 0.29) is 6.54 Å². The summed E-state index contributed by atoms with van der Waals surface area (Å²) >= 11 is 0. The van der Waals surface area contributed by atoms with Crippen LogP contribution in [-0.4, -0.2) is 40.1 Å². The quantitative estimate of drug-likeness (QED) is 0.859. The molecule has 0 bridgehead atoms. The summed E-state index contributed by atoms with van der Waals surface area (Å²) in [4.78, 5) is 17.0. The highest BCUT2D eigenvalue weighted by Crippen LogP contribution is 2.26. The fraction of sp³-hybridized carbons (Fsp3) is 0.429. The summed E-state index contributed by atoms with van der Waals surface area (Å²) < 4.78 is 5.27. The summed E-state index contributed by atoms with van der Waals surface area (Å²) in [6, 6.07) is 6.41. The van der Waals surface area contributed by atoms with E-state index in [0.29, 0.717) is 6.04 Å². The maximum Gasteiger partial charge on any atom is 0.317 e. The molecule has 0 spiro atoms. The molecule has 5 nitrogen and oxygen atoms in total. The fourth-order valence-corrected chi connectivity index (χ4v) is 2.33. The molecule has 100 valence electrons. The normalized spacial score (nSPS) is 15.2. The number of fused-ring (bicyclic) bond motifs is 1. The van der Waals surface area contributed by atoms with Crippen molar-refractivity contribution in [3.63, 3.8) is 0 Å². The van der Waals surface area contributed by atoms with Gasteiger partial charge in [-0.3, -0.25) is 9.69 Å². The molecule has 1 aromatic heterocycles. The maximum absolute atomic E-state index is 10.8. The van der Waals surface area contributed by atoms with Gasteiger partial charge in [0.1, 0.15) is 5.52 Å². The number of benzene rings is 1. The third kappa shape index (κ3) is 2.93. The van der Waals surface area contributed by atoms with Crippen molar-refractivity contribution in [3.8, 4) is 0 Å². The van der Waals surface area contributed by atoms with E-state index in [4.69, 9.17) is 9.52 Å². The number of hydrogen-bond donors (Lipinski definition) is 1. The summed E-state index contributed by atoms with van der Waals surface area (Å²) in [7, 11) is 0. The van der Waals surface area contributed by atoms with Gasteiger partial charge in [-0.2, -0.15) is 0 Å². The van der Waals surface area contributed by atoms with Gasteiger partial charge in [0.2, 0.25) is 0 Å². The van der Waals surface area contributed by atoms with Crippen molar-refractivity contribution in [1.29, 1.82) is 0 Å². The second-order valence-corrected chi connectivity index (χ2v) is 5.00. The van der Waals surface area contributed by atoms with Crippen LogP contribution in [0.3, 0.4) is 0 Å². The minimum Gasteiger partial charge on any atom is -0.480 e. The highest BCUT2D eigenvalue weighted by Gasteiger charge is 2.29. The molecule has 1 aromatic carbocycles. The van der Waals surface area contributed by atoms with Crippen molar-refractivity contribution in [2.24, 2.45) is 0 Å². The van der Waals surface area contributed by atoms with E-state index in [1.807, 2.05) is 23.1 Å². The standard InChI is InChI=1S/C14H16N2O3/c17-14(18)8-16(11-2-3-11)6-5-10-1-4-12-13(7-10)19-9-15-12/h1,4,7,9,11H,2-3,5-6,8H2,(H,17,18). The van der Waals surface area contributed by atoms with Crippen molar-refractivity contribution < 1.29 is 14.3 Å². The molecule has 1 aliphatic carbocycles. The average molecular weight is 260 g/mol. The van der Waals surface area contributed by atoms with Crippen LogP contribution in [0.15, 0.2) is 29.0 Å². The van der Waals surface area contributed by atoms with Crippen LogP contribution in [0, 0.1) is 0 Å². The van der Waals surface area contributed by atoms with Crippen molar-refractivity contribution >= 4 is 17.1 Å². The number of hydrogen-bond acceptors (Lipinski definition) is 4. The van der Waals surface area contributed by atoms with Gasteiger partial charge in [0.05, 0.1) is 6.54 Å². The Bertz CT molecular complexity index is 589. The van der Waals surface area contributed by atoms with Gasteiger partial charge in [0, 0.05) is 12.6 Å². The van der Waals surface area contributed by atoms with Gasteiger partial charge in [-0.15, -0.1) is 0 Å². The van der Waals surface area contributed by atoms with Gasteiger partial charge in [-0.25, -0.2) is 4.98 Å². The van der Waals surface area contributed by atoms with Crippen LogP contribution in [0.2, 0.25) is 0 Å². The molecule has 1 fully saturated rings. The Morgan fingerprint density at radius 3 is 3.05 bits per heavy atom. The molecule has 0 atom stereocenters. The fourth-order valence-electron chi connectivity index (χ4n) is 2.33. The third-order valence-corrected chi connectivity index (χ3v) is 3.48. The zero-order chi connectivity index (χ0) is 13.2. The lowest BCUT2D eigenvalue weighted by atomic mass is 10.1. The molecule has 2 aromatic rings. The molecule has 0 saturated heterocycles. The third-order valence-electron chi connectivity index (χ3n) is 3.48. The second kappa shape index (κ2) is 5.01. The van der Waals surface area contributed by atoms with E-state index in [1.165, 1.54) is 6.39 Å². The molecule has 1 saturated carbocycles. The first-order valence-corrected chi connectivity index (χ1v) is 6.50. The minimum absolute atomic E-state index is 0.134. The van der Waals surface area contributed by atoms with Gasteiger partial charge in [-0.1, -0.05) is 6.07 Å². The Hall–Kier alpha value is -1.88. The molecule has 0 aliphatic heterocycles. The van der Waals surface area contributed by atoms with Crippen LogP contribution in [-0.2, 0) is 11.2 Å². The summed E-state index contributed by atoms with van der Waals surface area (Å²) in [6.45, 7) is 0.909. The lowest BCUT2D eigenvalue weighted by Gasteiger charge is -2.19. The molecule has 5 heteroatoms.